The lowest BCUT2D eigenvalue weighted by molar-refractivity contribution is 0.0179. The summed E-state index contributed by atoms with van der Waals surface area (Å²) in [7, 11) is 1.81. The van der Waals surface area contributed by atoms with Crippen LogP contribution < -0.4 is 5.32 Å². The van der Waals surface area contributed by atoms with Gasteiger partial charge in [0.2, 0.25) is 0 Å². The summed E-state index contributed by atoms with van der Waals surface area (Å²) >= 11 is 2.37. The number of ether oxygens (including phenoxy) is 1. The Bertz CT molecular complexity index is 161. The minimum atomic E-state index is 0.302. The van der Waals surface area contributed by atoms with Crippen molar-refractivity contribution in [2.24, 2.45) is 0 Å². The van der Waals surface area contributed by atoms with Crippen molar-refractivity contribution in [3.8, 4) is 0 Å². The van der Waals surface area contributed by atoms with Gasteiger partial charge in [0, 0.05) is 43.1 Å². The molecular formula is C7H13IN2O. The van der Waals surface area contributed by atoms with E-state index in [0.717, 1.165) is 19.6 Å². The molecule has 11 heavy (non-hydrogen) atoms. The predicted octanol–water partition coefficient (Wildman–Crippen LogP) is 0.399. The molecule has 1 spiro atoms. The van der Waals surface area contributed by atoms with E-state index < -0.39 is 0 Å². The topological polar surface area (TPSA) is 24.5 Å². The third-order valence-corrected chi connectivity index (χ3v) is 3.50. The van der Waals surface area contributed by atoms with Crippen molar-refractivity contribution in [3.63, 3.8) is 0 Å². The molecule has 2 aliphatic heterocycles. The Hall–Kier alpha value is 0.610. The van der Waals surface area contributed by atoms with Crippen molar-refractivity contribution in [1.29, 1.82) is 0 Å². The average molecular weight is 268 g/mol. The monoisotopic (exact) mass is 268 g/mol. The van der Waals surface area contributed by atoms with Crippen molar-refractivity contribution in [1.82, 2.24) is 8.43 Å². The van der Waals surface area contributed by atoms with Gasteiger partial charge in [0.25, 0.3) is 0 Å². The molecule has 2 fully saturated rings. The van der Waals surface area contributed by atoms with Gasteiger partial charge in [-0.2, -0.15) is 0 Å². The lowest BCUT2D eigenvalue weighted by Gasteiger charge is -2.43. The van der Waals surface area contributed by atoms with Gasteiger partial charge in [0.15, 0.2) is 0 Å². The number of hydrogen-bond donors (Lipinski definition) is 1. The van der Waals surface area contributed by atoms with Crippen LogP contribution in [0, 0.1) is 0 Å². The second-order valence-electron chi connectivity index (χ2n) is 3.36. The zero-order valence-electron chi connectivity index (χ0n) is 6.64. The van der Waals surface area contributed by atoms with E-state index in [2.05, 4.69) is 31.3 Å². The molecular weight excluding hydrogens is 255 g/mol. The number of methoxy groups -OCH3 is 1. The largest absolute Gasteiger partial charge is 0.378 e. The van der Waals surface area contributed by atoms with Crippen LogP contribution in [0.25, 0.3) is 0 Å². The molecule has 2 aliphatic rings. The van der Waals surface area contributed by atoms with E-state index in [9.17, 15) is 0 Å². The molecule has 2 saturated heterocycles. The van der Waals surface area contributed by atoms with Gasteiger partial charge < -0.3 is 10.1 Å². The summed E-state index contributed by atoms with van der Waals surface area (Å²) in [4.78, 5) is 0. The highest BCUT2D eigenvalue weighted by atomic mass is 127. The maximum Gasteiger partial charge on any atom is 0.0900 e. The number of hydrogen-bond acceptors (Lipinski definition) is 3. The van der Waals surface area contributed by atoms with Gasteiger partial charge in [-0.05, 0) is 13.0 Å². The number of rotatable bonds is 1. The Morgan fingerprint density at radius 1 is 1.73 bits per heavy atom. The van der Waals surface area contributed by atoms with Gasteiger partial charge in [0.05, 0.1) is 11.6 Å². The highest BCUT2D eigenvalue weighted by Crippen LogP contribution is 2.33. The predicted molar refractivity (Wildman–Crippen MR) is 51.7 cm³/mol. The third kappa shape index (κ3) is 1.20. The lowest BCUT2D eigenvalue weighted by atomic mass is 9.85. The van der Waals surface area contributed by atoms with Crippen LogP contribution in [0.5, 0.6) is 0 Å². The molecule has 0 aliphatic carbocycles. The van der Waals surface area contributed by atoms with E-state index in [1.165, 1.54) is 6.42 Å². The summed E-state index contributed by atoms with van der Waals surface area (Å²) in [5.41, 5.74) is 0.302. The van der Waals surface area contributed by atoms with Crippen molar-refractivity contribution >= 4 is 22.9 Å². The highest BCUT2D eigenvalue weighted by molar-refractivity contribution is 14.1. The van der Waals surface area contributed by atoms with Gasteiger partial charge in [-0.3, -0.25) is 0 Å². The number of nitrogens with one attached hydrogen (secondary N) is 1. The van der Waals surface area contributed by atoms with Gasteiger partial charge in [0.1, 0.15) is 0 Å². The fourth-order valence-electron chi connectivity index (χ4n) is 1.98. The van der Waals surface area contributed by atoms with E-state index in [4.69, 9.17) is 4.74 Å². The quantitative estimate of drug-likeness (QED) is 0.550. The molecule has 4 heteroatoms. The molecule has 0 amide bonds. The van der Waals surface area contributed by atoms with Crippen LogP contribution in [-0.4, -0.2) is 41.5 Å². The van der Waals surface area contributed by atoms with Crippen LogP contribution in [0.1, 0.15) is 6.42 Å². The van der Waals surface area contributed by atoms with E-state index in [-0.39, 0.29) is 0 Å². The second kappa shape index (κ2) is 2.83. The van der Waals surface area contributed by atoms with Gasteiger partial charge in [-0.15, -0.1) is 0 Å². The van der Waals surface area contributed by atoms with Gasteiger partial charge in [-0.1, -0.05) is 0 Å². The van der Waals surface area contributed by atoms with E-state index >= 15 is 0 Å². The van der Waals surface area contributed by atoms with Crippen LogP contribution in [0.3, 0.4) is 0 Å². The normalized spacial score (nSPS) is 44.7. The molecule has 0 saturated carbocycles. The summed E-state index contributed by atoms with van der Waals surface area (Å²) in [6.45, 7) is 3.35. The summed E-state index contributed by atoms with van der Waals surface area (Å²) in [6.07, 6.45) is 1.67. The number of nitrogens with zero attached hydrogens (tertiary/aromatic N) is 1. The van der Waals surface area contributed by atoms with E-state index in [1.54, 1.807) is 0 Å². The van der Waals surface area contributed by atoms with Crippen LogP contribution in [-0.2, 0) is 4.74 Å². The minimum Gasteiger partial charge on any atom is -0.378 e. The summed E-state index contributed by atoms with van der Waals surface area (Å²) in [5, 5.41) is 3.48. The first-order valence-electron chi connectivity index (χ1n) is 3.95. The Labute approximate surface area is 81.0 Å². The maximum atomic E-state index is 5.43. The summed E-state index contributed by atoms with van der Waals surface area (Å²) < 4.78 is 7.73. The lowest BCUT2D eigenvalue weighted by Crippen LogP contribution is -2.64. The SMILES string of the molecule is COC1CN(I)CC12CCN2. The maximum absolute atomic E-state index is 5.43. The van der Waals surface area contributed by atoms with Crippen LogP contribution in [0.4, 0.5) is 0 Å². The fourth-order valence-corrected chi connectivity index (χ4v) is 2.95. The van der Waals surface area contributed by atoms with E-state index in [0.29, 0.717) is 11.6 Å². The molecule has 2 heterocycles. The number of halogens is 1. The molecule has 0 radical (unpaired) electrons. The zero-order valence-corrected chi connectivity index (χ0v) is 8.80. The van der Waals surface area contributed by atoms with Gasteiger partial charge >= 0.3 is 0 Å². The van der Waals surface area contributed by atoms with Crippen LogP contribution in [0.2, 0.25) is 0 Å². The molecule has 64 valence electrons. The molecule has 2 unspecified atom stereocenters. The molecule has 0 aromatic carbocycles. The van der Waals surface area contributed by atoms with Gasteiger partial charge in [-0.25, -0.2) is 3.11 Å². The first kappa shape index (κ1) is 8.22. The molecule has 0 aromatic heterocycles. The smallest absolute Gasteiger partial charge is 0.0900 e. The summed E-state index contributed by atoms with van der Waals surface area (Å²) in [5.74, 6) is 0. The first-order valence-corrected chi connectivity index (χ1v) is 4.92. The first-order chi connectivity index (χ1) is 5.27. The van der Waals surface area contributed by atoms with Crippen molar-refractivity contribution in [2.75, 3.05) is 26.7 Å². The molecule has 1 N–H and O–H groups in total. The Kier molecular flexibility index (Phi) is 2.11. The highest BCUT2D eigenvalue weighted by Gasteiger charge is 2.50. The Morgan fingerprint density at radius 2 is 2.45 bits per heavy atom. The van der Waals surface area contributed by atoms with E-state index in [1.807, 2.05) is 7.11 Å². The van der Waals surface area contributed by atoms with Crippen LogP contribution in [0.15, 0.2) is 0 Å². The minimum absolute atomic E-state index is 0.302. The molecule has 2 rings (SSSR count). The molecule has 2 atom stereocenters. The van der Waals surface area contributed by atoms with Crippen molar-refractivity contribution < 1.29 is 4.74 Å². The summed E-state index contributed by atoms with van der Waals surface area (Å²) in [6, 6.07) is 0. The molecule has 0 aromatic rings. The standard InChI is InChI=1S/C7H13IN2O/c1-11-6-4-10(8)5-7(6)2-3-9-7/h6,9H,2-5H2,1H3. The Balaban J connectivity index is 2.07. The zero-order chi connectivity index (χ0) is 7.90. The molecule has 3 nitrogen and oxygen atoms in total. The Morgan fingerprint density at radius 3 is 2.82 bits per heavy atom. The third-order valence-electron chi connectivity index (χ3n) is 2.77. The van der Waals surface area contributed by atoms with Crippen molar-refractivity contribution in [2.45, 2.75) is 18.1 Å². The molecule has 0 bridgehead atoms. The van der Waals surface area contributed by atoms with Crippen LogP contribution >= 0.6 is 22.9 Å². The average Bonchev–Trinajstić information content (AvgIpc) is 2.25. The van der Waals surface area contributed by atoms with Crippen molar-refractivity contribution in [3.05, 3.63) is 0 Å². The fraction of sp³-hybridized carbons (Fsp3) is 1.00. The second-order valence-corrected chi connectivity index (χ2v) is 4.73.